The van der Waals surface area contributed by atoms with E-state index in [0.29, 0.717) is 55.3 Å². The number of nitrogens with one attached hydrogen (secondary N) is 12. The Labute approximate surface area is 273 Å². The molecule has 45 heavy (non-hydrogen) atoms. The van der Waals surface area contributed by atoms with E-state index in [0.717, 1.165) is 53.4 Å². The zero-order valence-electron chi connectivity index (χ0n) is 24.5. The third kappa shape index (κ3) is 5.70. The summed E-state index contributed by atoms with van der Waals surface area (Å²) in [6.45, 7) is 4.17. The highest BCUT2D eigenvalue weighted by atomic mass is 127. The van der Waals surface area contributed by atoms with Crippen LogP contribution in [-0.2, 0) is 0 Å². The predicted octanol–water partition coefficient (Wildman–Crippen LogP) is -3.83. The van der Waals surface area contributed by atoms with Gasteiger partial charge in [-0.1, -0.05) is 22.6 Å². The van der Waals surface area contributed by atoms with Gasteiger partial charge < -0.3 is 32.6 Å². The smallest absolute Gasteiger partial charge is 0.0649 e. The largest absolute Gasteiger partial charge is 0.305 e. The Morgan fingerprint density at radius 1 is 0.422 bits per heavy atom. The summed E-state index contributed by atoms with van der Waals surface area (Å²) in [7, 11) is 0. The Bertz CT molecular complexity index is 1220. The molecule has 16 bridgehead atoms. The molecule has 9 heterocycles. The van der Waals surface area contributed by atoms with E-state index in [1.165, 1.54) is 0 Å². The minimum atomic E-state index is 0.363. The molecule has 0 saturated heterocycles. The van der Waals surface area contributed by atoms with E-state index < -0.39 is 0 Å². The molecule has 9 aliphatic heterocycles. The van der Waals surface area contributed by atoms with Crippen molar-refractivity contribution in [1.82, 2.24) is 106 Å². The lowest BCUT2D eigenvalue weighted by atomic mass is 9.90. The molecule has 12 N–H and O–H groups in total. The molecule has 21 heteroatoms. The molecule has 0 spiro atoms. The molecule has 0 aromatic rings. The number of alkyl halides is 1. The Balaban J connectivity index is 1.10. The predicted molar refractivity (Wildman–Crippen MR) is 169 cm³/mol. The molecule has 1 saturated carbocycles. The fraction of sp³-hybridized carbons (Fsp3) is 0.500. The molecular formula is C24H39IN20. The van der Waals surface area contributed by atoms with Gasteiger partial charge in [-0.25, -0.2) is 0 Å². The van der Waals surface area contributed by atoms with Gasteiger partial charge in [0.2, 0.25) is 0 Å². The number of halogens is 1. The molecule has 2 atom stereocenters. The fourth-order valence-corrected chi connectivity index (χ4v) is 8.04. The SMILES string of the molecule is IC1CC2CC(C1)N1C=C(CN3CC4=CN(NN4)N4C=C(CN(CC5=CN2NN5)CC2=CN(NN2)N2C=C(C3)NN2)NN4)NN1. The molecule has 2 unspecified atom stereocenters. The highest BCUT2D eigenvalue weighted by Crippen LogP contribution is 2.32. The van der Waals surface area contributed by atoms with Gasteiger partial charge in [0.25, 0.3) is 0 Å². The van der Waals surface area contributed by atoms with Crippen molar-refractivity contribution in [3.63, 3.8) is 0 Å². The Kier molecular flexibility index (Phi) is 7.00. The van der Waals surface area contributed by atoms with Gasteiger partial charge in [0.15, 0.2) is 0 Å². The van der Waals surface area contributed by atoms with Crippen LogP contribution in [0.2, 0.25) is 0 Å². The molecule has 1 aliphatic carbocycles. The van der Waals surface area contributed by atoms with Crippen molar-refractivity contribution < 1.29 is 0 Å². The van der Waals surface area contributed by atoms with E-state index in [9.17, 15) is 0 Å². The maximum atomic E-state index is 3.46. The van der Waals surface area contributed by atoms with Gasteiger partial charge >= 0.3 is 0 Å². The van der Waals surface area contributed by atoms with E-state index in [4.69, 9.17) is 0 Å². The summed E-state index contributed by atoms with van der Waals surface area (Å²) < 4.78 is 0.569. The zero-order valence-corrected chi connectivity index (χ0v) is 26.7. The van der Waals surface area contributed by atoms with Crippen molar-refractivity contribution >= 4 is 22.6 Å². The summed E-state index contributed by atoms with van der Waals surface area (Å²) in [5, 5.41) is 12.1. The lowest BCUT2D eigenvalue weighted by molar-refractivity contribution is -0.0200. The van der Waals surface area contributed by atoms with Crippen LogP contribution in [0.15, 0.2) is 71.4 Å². The molecular weight excluding hydrogens is 695 g/mol. The van der Waals surface area contributed by atoms with E-state index in [2.05, 4.69) is 145 Å². The van der Waals surface area contributed by atoms with E-state index in [1.54, 1.807) is 0 Å². The summed E-state index contributed by atoms with van der Waals surface area (Å²) in [5.41, 5.74) is 46.6. The molecule has 0 aromatic carbocycles. The number of nitrogens with zero attached hydrogens (tertiary/aromatic N) is 8. The molecule has 0 aromatic heterocycles. The van der Waals surface area contributed by atoms with E-state index >= 15 is 0 Å². The Morgan fingerprint density at radius 3 is 1.09 bits per heavy atom. The first-order valence-electron chi connectivity index (χ1n) is 15.2. The van der Waals surface area contributed by atoms with Gasteiger partial charge in [-0.3, -0.25) is 19.8 Å². The van der Waals surface area contributed by atoms with Crippen LogP contribution in [-0.4, -0.2) is 95.6 Å². The average molecular weight is 735 g/mol. The molecule has 20 nitrogen and oxygen atoms in total. The normalized spacial score (nSPS) is 33.9. The summed E-state index contributed by atoms with van der Waals surface area (Å²) in [4.78, 5) is 4.76. The molecule has 0 radical (unpaired) electrons. The average Bonchev–Trinajstić information content (AvgIpc) is 3.85. The van der Waals surface area contributed by atoms with Gasteiger partial charge in [0.1, 0.15) is 0 Å². The molecule has 0 amide bonds. The Morgan fingerprint density at radius 2 is 0.733 bits per heavy atom. The highest BCUT2D eigenvalue weighted by molar-refractivity contribution is 14.1. The van der Waals surface area contributed by atoms with Crippen molar-refractivity contribution in [2.24, 2.45) is 0 Å². The third-order valence-electron chi connectivity index (χ3n) is 8.93. The topological polar surface area (TPSA) is 170 Å². The van der Waals surface area contributed by atoms with Crippen LogP contribution in [0.25, 0.3) is 0 Å². The number of rotatable bonds is 0. The van der Waals surface area contributed by atoms with Crippen LogP contribution in [0.5, 0.6) is 0 Å². The van der Waals surface area contributed by atoms with Gasteiger partial charge in [0, 0.05) is 67.7 Å². The van der Waals surface area contributed by atoms with Gasteiger partial charge in [-0.15, -0.1) is 33.2 Å². The summed E-state index contributed by atoms with van der Waals surface area (Å²) in [5.74, 6) is 0. The van der Waals surface area contributed by atoms with Crippen molar-refractivity contribution in [2.45, 2.75) is 35.3 Å². The minimum Gasteiger partial charge on any atom is -0.305 e. The standard InChI is InChI=1S/C24H39IN20/c25-16-1-23-3-24(2-16)41-11-18(27-33-41)5-39-8-21-14-44(36-30-21)42-12-19(28-34-42)6-38(4-17-10-40(23)32-26-17)7-20-13-43(35-29-20)45-15-22(9-39)31-37-45/h10-16,23-24,26-37H,1-9H2. The van der Waals surface area contributed by atoms with Crippen LogP contribution in [0.3, 0.4) is 0 Å². The number of hydrazine groups is 14. The zero-order chi connectivity index (χ0) is 29.9. The first-order valence-corrected chi connectivity index (χ1v) is 16.5. The second-order valence-electron chi connectivity index (χ2n) is 12.4. The molecule has 1 fully saturated rings. The van der Waals surface area contributed by atoms with Crippen LogP contribution < -0.4 is 65.8 Å². The lowest BCUT2D eigenvalue weighted by Gasteiger charge is -2.40. The van der Waals surface area contributed by atoms with Crippen molar-refractivity contribution in [3.8, 4) is 0 Å². The lowest BCUT2D eigenvalue weighted by Crippen LogP contribution is -2.53. The number of hydrogen-bond donors (Lipinski definition) is 12. The van der Waals surface area contributed by atoms with Gasteiger partial charge in [0.05, 0.1) is 59.0 Å². The molecule has 10 aliphatic rings. The minimum absolute atomic E-state index is 0.363. The first kappa shape index (κ1) is 27.7. The van der Waals surface area contributed by atoms with Gasteiger partial charge in [-0.2, -0.15) is 20.5 Å². The quantitative estimate of drug-likeness (QED) is 0.0863. The summed E-state index contributed by atoms with van der Waals surface area (Å²) in [6, 6.07) is 0.726. The van der Waals surface area contributed by atoms with Crippen LogP contribution >= 0.6 is 22.6 Å². The monoisotopic (exact) mass is 734 g/mol. The maximum absolute atomic E-state index is 3.46. The van der Waals surface area contributed by atoms with E-state index in [-0.39, 0.29) is 0 Å². The third-order valence-corrected chi connectivity index (χ3v) is 9.95. The first-order chi connectivity index (χ1) is 22.1. The van der Waals surface area contributed by atoms with Crippen LogP contribution in [0, 0.1) is 0 Å². The van der Waals surface area contributed by atoms with Crippen molar-refractivity contribution in [3.05, 3.63) is 71.4 Å². The second-order valence-corrected chi connectivity index (χ2v) is 14.2. The Hall–Kier alpha value is -3.55. The highest BCUT2D eigenvalue weighted by Gasteiger charge is 2.36. The summed E-state index contributed by atoms with van der Waals surface area (Å²) >= 11 is 2.62. The molecule has 10 rings (SSSR count). The summed E-state index contributed by atoms with van der Waals surface area (Å²) in [6.07, 6.45) is 16.0. The molecule has 242 valence electrons. The maximum Gasteiger partial charge on any atom is 0.0649 e. The second kappa shape index (κ2) is 11.4. The van der Waals surface area contributed by atoms with Crippen LogP contribution in [0.4, 0.5) is 0 Å². The fourth-order valence-electron chi connectivity index (χ4n) is 6.87. The van der Waals surface area contributed by atoms with Crippen molar-refractivity contribution in [1.29, 1.82) is 0 Å². The number of hydrogen-bond acceptors (Lipinski definition) is 20. The van der Waals surface area contributed by atoms with Crippen LogP contribution in [0.1, 0.15) is 19.3 Å². The van der Waals surface area contributed by atoms with Crippen molar-refractivity contribution in [2.75, 3.05) is 39.3 Å². The van der Waals surface area contributed by atoms with E-state index in [1.807, 2.05) is 20.5 Å². The van der Waals surface area contributed by atoms with Gasteiger partial charge in [-0.05, 0) is 19.3 Å².